The fourth-order valence-electron chi connectivity index (χ4n) is 4.07. The number of hydrogen-bond acceptors (Lipinski definition) is 5. The van der Waals surface area contributed by atoms with Gasteiger partial charge < -0.3 is 10.6 Å². The number of nitrogens with one attached hydrogen (secondary N) is 2. The van der Waals surface area contributed by atoms with Gasteiger partial charge in [-0.3, -0.25) is 9.48 Å². The lowest BCUT2D eigenvalue weighted by Gasteiger charge is -2.22. The van der Waals surface area contributed by atoms with Crippen LogP contribution in [0.1, 0.15) is 67.4 Å². The minimum absolute atomic E-state index is 0.0721. The molecule has 0 radical (unpaired) electrons. The van der Waals surface area contributed by atoms with E-state index in [9.17, 15) is 4.79 Å². The van der Waals surface area contributed by atoms with Crippen molar-refractivity contribution in [2.75, 3.05) is 5.32 Å². The van der Waals surface area contributed by atoms with E-state index in [1.807, 2.05) is 62.1 Å². The first kappa shape index (κ1) is 26.3. The lowest BCUT2D eigenvalue weighted by Crippen LogP contribution is -2.23. The van der Waals surface area contributed by atoms with E-state index in [1.165, 1.54) is 0 Å². The topological polar surface area (TPSA) is 89.7 Å². The van der Waals surface area contributed by atoms with Crippen LogP contribution in [0.25, 0.3) is 16.9 Å². The Morgan fingerprint density at radius 1 is 1.08 bits per heavy atom. The summed E-state index contributed by atoms with van der Waals surface area (Å²) in [4.78, 5) is 13.4. The molecule has 1 amide bonds. The Balaban J connectivity index is 1.61. The molecule has 0 aliphatic carbocycles. The highest BCUT2D eigenvalue weighted by Gasteiger charge is 2.19. The van der Waals surface area contributed by atoms with E-state index in [2.05, 4.69) is 66.7 Å². The number of aryl methyl sites for hydroxylation is 2. The van der Waals surface area contributed by atoms with Crippen molar-refractivity contribution in [1.82, 2.24) is 30.1 Å². The zero-order valence-electron chi connectivity index (χ0n) is 23.0. The predicted molar refractivity (Wildman–Crippen MR) is 148 cm³/mol. The van der Waals surface area contributed by atoms with Crippen molar-refractivity contribution in [3.8, 4) is 16.9 Å². The number of anilines is 1. The second kappa shape index (κ2) is 10.3. The van der Waals surface area contributed by atoms with Crippen LogP contribution in [0.5, 0.6) is 0 Å². The Labute approximate surface area is 219 Å². The van der Waals surface area contributed by atoms with E-state index in [0.29, 0.717) is 23.8 Å². The quantitative estimate of drug-likeness (QED) is 0.359. The molecule has 0 atom stereocenters. The van der Waals surface area contributed by atoms with Gasteiger partial charge in [0.25, 0.3) is 5.91 Å². The van der Waals surface area contributed by atoms with Crippen LogP contribution in [0.2, 0.25) is 0 Å². The second-order valence-electron chi connectivity index (χ2n) is 11.0. The van der Waals surface area contributed by atoms with Crippen molar-refractivity contribution in [2.45, 2.75) is 66.5 Å². The van der Waals surface area contributed by atoms with Gasteiger partial charge in [-0.15, -0.1) is 5.10 Å². The van der Waals surface area contributed by atoms with Gasteiger partial charge in [0.1, 0.15) is 5.69 Å². The van der Waals surface area contributed by atoms with Gasteiger partial charge in [-0.2, -0.15) is 5.10 Å². The largest absolute Gasteiger partial charge is 0.322 e. The maximum absolute atomic E-state index is 13.4. The fraction of sp³-hybridized carbons (Fsp3) is 0.379. The molecular weight excluding hydrogens is 462 g/mol. The number of carbonyl (C=O) groups is 1. The van der Waals surface area contributed by atoms with Gasteiger partial charge in [0.05, 0.1) is 18.1 Å². The van der Waals surface area contributed by atoms with Crippen molar-refractivity contribution >= 4 is 11.6 Å². The molecule has 2 N–H and O–H groups in total. The zero-order valence-corrected chi connectivity index (χ0v) is 23.0. The zero-order chi connectivity index (χ0) is 26.9. The number of carbonyl (C=O) groups excluding carboxylic acids is 1. The molecule has 0 saturated heterocycles. The molecule has 2 heterocycles. The van der Waals surface area contributed by atoms with Crippen molar-refractivity contribution in [3.05, 3.63) is 76.7 Å². The molecule has 37 heavy (non-hydrogen) atoms. The first-order valence-corrected chi connectivity index (χ1v) is 12.6. The maximum Gasteiger partial charge on any atom is 0.255 e. The molecule has 2 aromatic heterocycles. The molecule has 0 bridgehead atoms. The average molecular weight is 500 g/mol. The molecule has 0 spiro atoms. The second-order valence-corrected chi connectivity index (χ2v) is 11.0. The molecule has 0 aliphatic heterocycles. The Morgan fingerprint density at radius 2 is 1.84 bits per heavy atom. The van der Waals surface area contributed by atoms with Crippen molar-refractivity contribution < 1.29 is 4.79 Å². The summed E-state index contributed by atoms with van der Waals surface area (Å²) in [6.45, 7) is 15.4. The Kier molecular flexibility index (Phi) is 7.32. The standard InChI is InChI=1S/C29H37N7O/c1-18(2)30-15-21-11-22(13-23(12-21)29(5,6)7)28(37)32-24-10-9-19(3)27(14-24)36-17-26(33-34-36)25-16-31-35(8)20(25)4/h9-14,16-18,30H,15H2,1-8H3,(H,32,37). The maximum atomic E-state index is 13.4. The van der Waals surface area contributed by atoms with E-state index < -0.39 is 0 Å². The van der Waals surface area contributed by atoms with Gasteiger partial charge >= 0.3 is 0 Å². The van der Waals surface area contributed by atoms with Crippen LogP contribution in [0, 0.1) is 13.8 Å². The molecule has 8 heteroatoms. The van der Waals surface area contributed by atoms with Crippen LogP contribution in [-0.4, -0.2) is 36.7 Å². The highest BCUT2D eigenvalue weighted by atomic mass is 16.1. The van der Waals surface area contributed by atoms with E-state index in [4.69, 9.17) is 0 Å². The molecule has 0 aliphatic rings. The SMILES string of the molecule is Cc1ccc(NC(=O)c2cc(CNC(C)C)cc(C(C)(C)C)c2)cc1-n1cc(-c2cnn(C)c2C)nn1. The number of amides is 1. The van der Waals surface area contributed by atoms with Crippen LogP contribution >= 0.6 is 0 Å². The summed E-state index contributed by atoms with van der Waals surface area (Å²) in [5, 5.41) is 19.5. The third kappa shape index (κ3) is 5.97. The van der Waals surface area contributed by atoms with Crippen molar-refractivity contribution in [3.63, 3.8) is 0 Å². The first-order valence-electron chi connectivity index (χ1n) is 12.6. The number of benzene rings is 2. The van der Waals surface area contributed by atoms with Crippen molar-refractivity contribution in [1.29, 1.82) is 0 Å². The van der Waals surface area contributed by atoms with E-state index in [-0.39, 0.29) is 11.3 Å². The average Bonchev–Trinajstić information content (AvgIpc) is 3.45. The Bertz CT molecular complexity index is 1420. The highest BCUT2D eigenvalue weighted by Crippen LogP contribution is 2.27. The smallest absolute Gasteiger partial charge is 0.255 e. The van der Waals surface area contributed by atoms with Gasteiger partial charge in [0, 0.05) is 42.1 Å². The van der Waals surface area contributed by atoms with Crippen LogP contribution in [0.3, 0.4) is 0 Å². The van der Waals surface area contributed by atoms with Gasteiger partial charge in [-0.1, -0.05) is 52.0 Å². The normalized spacial score (nSPS) is 11.8. The fourth-order valence-corrected chi connectivity index (χ4v) is 4.07. The Hall–Kier alpha value is -3.78. The van der Waals surface area contributed by atoms with Crippen LogP contribution in [0.4, 0.5) is 5.69 Å². The van der Waals surface area contributed by atoms with Gasteiger partial charge in [-0.25, -0.2) is 4.68 Å². The molecule has 0 unspecified atom stereocenters. The highest BCUT2D eigenvalue weighted by molar-refractivity contribution is 6.04. The first-order chi connectivity index (χ1) is 17.4. The van der Waals surface area contributed by atoms with Gasteiger partial charge in [0.2, 0.25) is 0 Å². The third-order valence-electron chi connectivity index (χ3n) is 6.55. The third-order valence-corrected chi connectivity index (χ3v) is 6.55. The van der Waals surface area contributed by atoms with Crippen LogP contribution in [-0.2, 0) is 19.0 Å². The summed E-state index contributed by atoms with van der Waals surface area (Å²) in [5.41, 5.74) is 8.08. The summed E-state index contributed by atoms with van der Waals surface area (Å²) >= 11 is 0. The molecule has 4 rings (SSSR count). The molecule has 194 valence electrons. The monoisotopic (exact) mass is 499 g/mol. The summed E-state index contributed by atoms with van der Waals surface area (Å²) in [6, 6.07) is 12.3. The minimum atomic E-state index is -0.142. The summed E-state index contributed by atoms with van der Waals surface area (Å²) in [6.07, 6.45) is 3.68. The lowest BCUT2D eigenvalue weighted by atomic mass is 9.85. The summed E-state index contributed by atoms with van der Waals surface area (Å²) in [5.74, 6) is -0.142. The number of hydrogen-bond donors (Lipinski definition) is 2. The lowest BCUT2D eigenvalue weighted by molar-refractivity contribution is 0.102. The summed E-state index contributed by atoms with van der Waals surface area (Å²) < 4.78 is 3.55. The van der Waals surface area contributed by atoms with E-state index in [1.54, 1.807) is 10.9 Å². The van der Waals surface area contributed by atoms with Gasteiger partial charge in [-0.05, 0) is 60.2 Å². The van der Waals surface area contributed by atoms with E-state index in [0.717, 1.165) is 39.3 Å². The van der Waals surface area contributed by atoms with E-state index >= 15 is 0 Å². The van der Waals surface area contributed by atoms with Crippen molar-refractivity contribution in [2.24, 2.45) is 7.05 Å². The number of aromatic nitrogens is 5. The Morgan fingerprint density at radius 3 is 2.49 bits per heavy atom. The minimum Gasteiger partial charge on any atom is -0.322 e. The van der Waals surface area contributed by atoms with Crippen LogP contribution < -0.4 is 10.6 Å². The van der Waals surface area contributed by atoms with Crippen LogP contribution in [0.15, 0.2) is 48.8 Å². The molecule has 4 aromatic rings. The predicted octanol–water partition coefficient (Wildman–Crippen LogP) is 5.33. The number of nitrogens with zero attached hydrogens (tertiary/aromatic N) is 5. The molecular formula is C29H37N7O. The molecule has 0 fully saturated rings. The van der Waals surface area contributed by atoms with Gasteiger partial charge in [0.15, 0.2) is 0 Å². The molecule has 8 nitrogen and oxygen atoms in total. The molecule has 2 aromatic carbocycles. The number of rotatable bonds is 7. The summed E-state index contributed by atoms with van der Waals surface area (Å²) in [7, 11) is 1.90. The molecule has 0 saturated carbocycles.